The molecule has 0 aromatic carbocycles. The number of carbonyl (C=O) groups excluding carboxylic acids is 2. The number of anilines is 2. The fourth-order valence-electron chi connectivity index (χ4n) is 3.90. The molecule has 3 rings (SSSR count). The van der Waals surface area contributed by atoms with Gasteiger partial charge in [-0.25, -0.2) is 9.31 Å². The van der Waals surface area contributed by atoms with Gasteiger partial charge in [0, 0.05) is 11.6 Å². The van der Waals surface area contributed by atoms with Crippen LogP contribution in [0.15, 0.2) is 18.5 Å². The second-order valence-electron chi connectivity index (χ2n) is 9.68. The minimum Gasteiger partial charge on any atom is -0.379 e. The van der Waals surface area contributed by atoms with Crippen molar-refractivity contribution in [1.29, 1.82) is 0 Å². The lowest BCUT2D eigenvalue weighted by Gasteiger charge is -2.33. The molecular formula is C21H32N6O2. The number of nitrogens with one attached hydrogen (secondary N) is 3. The first-order chi connectivity index (χ1) is 13.4. The van der Waals surface area contributed by atoms with Crippen molar-refractivity contribution in [1.82, 2.24) is 14.9 Å². The van der Waals surface area contributed by atoms with Crippen molar-refractivity contribution in [2.24, 2.45) is 17.1 Å². The smallest absolute Gasteiger partial charge is 0.319 e. The molecule has 1 aliphatic rings. The van der Waals surface area contributed by atoms with Gasteiger partial charge in [-0.1, -0.05) is 20.8 Å². The summed E-state index contributed by atoms with van der Waals surface area (Å²) in [6.45, 7) is 12.5. The molecule has 0 unspecified atom stereocenters. The molecule has 2 aromatic rings. The number of hydrogen-bond acceptors (Lipinski definition) is 4. The molecule has 0 spiro atoms. The van der Waals surface area contributed by atoms with Crippen LogP contribution in [0.5, 0.6) is 0 Å². The zero-order chi connectivity index (χ0) is 21.6. The van der Waals surface area contributed by atoms with Gasteiger partial charge in [-0.3, -0.25) is 4.79 Å². The molecule has 5 N–H and O–H groups in total. The van der Waals surface area contributed by atoms with Crippen LogP contribution in [0.25, 0.3) is 5.52 Å². The van der Waals surface area contributed by atoms with E-state index in [9.17, 15) is 9.59 Å². The highest BCUT2D eigenvalue weighted by molar-refractivity contribution is 6.02. The van der Waals surface area contributed by atoms with E-state index in [1.54, 1.807) is 16.8 Å². The maximum atomic E-state index is 12.2. The predicted molar refractivity (Wildman–Crippen MR) is 115 cm³/mol. The summed E-state index contributed by atoms with van der Waals surface area (Å²) in [5.41, 5.74) is 7.64. The van der Waals surface area contributed by atoms with E-state index in [-0.39, 0.29) is 23.0 Å². The van der Waals surface area contributed by atoms with Crippen molar-refractivity contribution in [2.75, 3.05) is 10.6 Å². The second-order valence-corrected chi connectivity index (χ2v) is 9.68. The van der Waals surface area contributed by atoms with Crippen molar-refractivity contribution in [3.05, 3.63) is 24.0 Å². The highest BCUT2D eigenvalue weighted by Crippen LogP contribution is 2.44. The first-order valence-corrected chi connectivity index (χ1v) is 10.1. The van der Waals surface area contributed by atoms with Gasteiger partial charge in [0.1, 0.15) is 0 Å². The Kier molecular flexibility index (Phi) is 5.23. The lowest BCUT2D eigenvalue weighted by molar-refractivity contribution is 0.100. The SMILES string of the molecule is C[C@H]1CC[C@@H](Nc2c(C(N)=O)cnn3cc(NC(=O)NC(C)(C)C)cc23)C1(C)C. The Bertz CT molecular complexity index is 941. The Hall–Kier alpha value is -2.77. The largest absolute Gasteiger partial charge is 0.379 e. The van der Waals surface area contributed by atoms with Gasteiger partial charge in [0.15, 0.2) is 0 Å². The molecule has 8 nitrogen and oxygen atoms in total. The minimum absolute atomic E-state index is 0.0788. The van der Waals surface area contributed by atoms with Crippen molar-refractivity contribution >= 4 is 28.8 Å². The van der Waals surface area contributed by atoms with Crippen LogP contribution in [0.1, 0.15) is 64.7 Å². The van der Waals surface area contributed by atoms with Crippen LogP contribution in [0, 0.1) is 11.3 Å². The number of amides is 3. The van der Waals surface area contributed by atoms with Gasteiger partial charge in [-0.15, -0.1) is 0 Å². The van der Waals surface area contributed by atoms with E-state index in [0.29, 0.717) is 28.4 Å². The van der Waals surface area contributed by atoms with Crippen LogP contribution in [0.4, 0.5) is 16.2 Å². The zero-order valence-corrected chi connectivity index (χ0v) is 18.1. The third-order valence-corrected chi connectivity index (χ3v) is 6.02. The second kappa shape index (κ2) is 7.24. The molecule has 1 aliphatic carbocycles. The molecular weight excluding hydrogens is 368 g/mol. The van der Waals surface area contributed by atoms with E-state index in [2.05, 4.69) is 41.8 Å². The van der Waals surface area contributed by atoms with Gasteiger partial charge in [-0.05, 0) is 51.0 Å². The number of carbonyl (C=O) groups is 2. The predicted octanol–water partition coefficient (Wildman–Crippen LogP) is 3.59. The lowest BCUT2D eigenvalue weighted by atomic mass is 9.80. The molecule has 158 valence electrons. The Morgan fingerprint density at radius 1 is 1.28 bits per heavy atom. The van der Waals surface area contributed by atoms with Crippen LogP contribution in [0.3, 0.4) is 0 Å². The summed E-state index contributed by atoms with van der Waals surface area (Å²) in [4.78, 5) is 24.3. The number of primary amides is 1. The molecule has 1 fully saturated rings. The Balaban J connectivity index is 1.96. The van der Waals surface area contributed by atoms with E-state index in [0.717, 1.165) is 12.8 Å². The number of aromatic nitrogens is 2. The van der Waals surface area contributed by atoms with Gasteiger partial charge in [0.25, 0.3) is 5.91 Å². The third kappa shape index (κ3) is 4.31. The topological polar surface area (TPSA) is 114 Å². The quantitative estimate of drug-likeness (QED) is 0.628. The fourth-order valence-corrected chi connectivity index (χ4v) is 3.90. The maximum absolute atomic E-state index is 12.2. The fraction of sp³-hybridized carbons (Fsp3) is 0.571. The molecule has 1 saturated carbocycles. The molecule has 3 amide bonds. The highest BCUT2D eigenvalue weighted by Gasteiger charge is 2.41. The average Bonchev–Trinajstić information content (AvgIpc) is 3.08. The van der Waals surface area contributed by atoms with Crippen molar-refractivity contribution in [2.45, 2.75) is 66.0 Å². The summed E-state index contributed by atoms with van der Waals surface area (Å²) >= 11 is 0. The van der Waals surface area contributed by atoms with Crippen LogP contribution in [-0.2, 0) is 0 Å². The van der Waals surface area contributed by atoms with E-state index in [4.69, 9.17) is 5.73 Å². The molecule has 2 aromatic heterocycles. The van der Waals surface area contributed by atoms with Crippen LogP contribution < -0.4 is 21.7 Å². The summed E-state index contributed by atoms with van der Waals surface area (Å²) in [6, 6.07) is 1.70. The van der Waals surface area contributed by atoms with E-state index < -0.39 is 5.91 Å². The van der Waals surface area contributed by atoms with E-state index in [1.165, 1.54) is 6.20 Å². The van der Waals surface area contributed by atoms with Crippen LogP contribution in [-0.4, -0.2) is 33.1 Å². The van der Waals surface area contributed by atoms with Gasteiger partial charge in [0.2, 0.25) is 0 Å². The number of hydrogen-bond donors (Lipinski definition) is 4. The molecule has 2 heterocycles. The Morgan fingerprint density at radius 2 is 1.97 bits per heavy atom. The van der Waals surface area contributed by atoms with Crippen molar-refractivity contribution < 1.29 is 9.59 Å². The van der Waals surface area contributed by atoms with E-state index >= 15 is 0 Å². The molecule has 0 aliphatic heterocycles. The van der Waals surface area contributed by atoms with Gasteiger partial charge >= 0.3 is 6.03 Å². The molecule has 0 radical (unpaired) electrons. The first-order valence-electron chi connectivity index (χ1n) is 10.1. The zero-order valence-electron chi connectivity index (χ0n) is 18.1. The highest BCUT2D eigenvalue weighted by atomic mass is 16.2. The average molecular weight is 401 g/mol. The number of nitrogens with two attached hydrogens (primary N) is 1. The number of nitrogens with zero attached hydrogens (tertiary/aromatic N) is 2. The summed E-state index contributed by atoms with van der Waals surface area (Å²) in [6.07, 6.45) is 5.33. The molecule has 0 bridgehead atoms. The maximum Gasteiger partial charge on any atom is 0.319 e. The van der Waals surface area contributed by atoms with Crippen LogP contribution >= 0.6 is 0 Å². The summed E-state index contributed by atoms with van der Waals surface area (Å²) in [5, 5.41) is 13.6. The lowest BCUT2D eigenvalue weighted by Crippen LogP contribution is -2.43. The van der Waals surface area contributed by atoms with Crippen molar-refractivity contribution in [3.63, 3.8) is 0 Å². The number of urea groups is 1. The van der Waals surface area contributed by atoms with Gasteiger partial charge < -0.3 is 21.7 Å². The molecule has 2 atom stereocenters. The number of rotatable bonds is 4. The van der Waals surface area contributed by atoms with Crippen molar-refractivity contribution in [3.8, 4) is 0 Å². The third-order valence-electron chi connectivity index (χ3n) is 6.02. The summed E-state index contributed by atoms with van der Waals surface area (Å²) in [5.74, 6) is 0.0347. The normalized spacial score (nSPS) is 21.2. The monoisotopic (exact) mass is 400 g/mol. The molecule has 0 saturated heterocycles. The van der Waals surface area contributed by atoms with Gasteiger partial charge in [0.05, 0.1) is 34.8 Å². The number of fused-ring (bicyclic) bond motifs is 1. The summed E-state index contributed by atoms with van der Waals surface area (Å²) in [7, 11) is 0. The Labute approximate surface area is 171 Å². The van der Waals surface area contributed by atoms with Gasteiger partial charge in [-0.2, -0.15) is 5.10 Å². The summed E-state index contributed by atoms with van der Waals surface area (Å²) < 4.78 is 1.65. The first kappa shape index (κ1) is 21.0. The Morgan fingerprint density at radius 3 is 2.52 bits per heavy atom. The molecule has 29 heavy (non-hydrogen) atoms. The van der Waals surface area contributed by atoms with E-state index in [1.807, 2.05) is 20.8 Å². The molecule has 8 heteroatoms. The minimum atomic E-state index is -0.535. The standard InChI is InChI=1S/C21H32N6O2/c1-12-7-8-16(21(12,5)6)25-17-14(18(22)28)10-23-27-11-13(9-15(17)27)24-19(29)26-20(2,3)4/h9-12,16,25H,7-8H2,1-6H3,(H2,22,28)(H2,24,26,29)/t12-,16+/m0/s1. The van der Waals surface area contributed by atoms with Crippen LogP contribution in [0.2, 0.25) is 0 Å².